The highest BCUT2D eigenvalue weighted by Gasteiger charge is 2.05. The first-order valence-corrected chi connectivity index (χ1v) is 10.3. The minimum atomic E-state index is 0. The van der Waals surface area contributed by atoms with E-state index in [1.165, 1.54) is 22.3 Å². The molecule has 1 heterocycles. The smallest absolute Gasteiger partial charge is 0.191 e. The van der Waals surface area contributed by atoms with Crippen LogP contribution in [0.2, 0.25) is 0 Å². The van der Waals surface area contributed by atoms with Gasteiger partial charge in [-0.2, -0.15) is 5.10 Å². The van der Waals surface area contributed by atoms with Gasteiger partial charge in [0.15, 0.2) is 5.96 Å². The van der Waals surface area contributed by atoms with Gasteiger partial charge >= 0.3 is 0 Å². The Kier molecular flexibility index (Phi) is 10.5. The van der Waals surface area contributed by atoms with Gasteiger partial charge in [0.05, 0.1) is 19.3 Å². The standard InChI is InChI=1S/C24H31N5O.HI/c1-19(2)30-18-21-11-9-20(10-12-21)15-26-24(25-3)27-16-22-7-4-5-8-23(22)17-29-14-6-13-28-29;/h4-14,19H,15-18H2,1-3H3,(H2,25,26,27);1H. The molecule has 3 aromatic rings. The highest BCUT2D eigenvalue weighted by molar-refractivity contribution is 14.0. The van der Waals surface area contributed by atoms with E-state index >= 15 is 0 Å². The van der Waals surface area contributed by atoms with E-state index in [9.17, 15) is 0 Å². The Hall–Kier alpha value is -2.39. The molecule has 6 nitrogen and oxygen atoms in total. The molecule has 0 atom stereocenters. The van der Waals surface area contributed by atoms with Crippen molar-refractivity contribution >= 4 is 29.9 Å². The van der Waals surface area contributed by atoms with Crippen LogP contribution in [0.3, 0.4) is 0 Å². The third-order valence-corrected chi connectivity index (χ3v) is 4.75. The lowest BCUT2D eigenvalue weighted by Crippen LogP contribution is -2.36. The van der Waals surface area contributed by atoms with E-state index in [-0.39, 0.29) is 30.1 Å². The zero-order valence-corrected chi connectivity index (χ0v) is 20.7. The van der Waals surface area contributed by atoms with Gasteiger partial charge in [0.25, 0.3) is 0 Å². The summed E-state index contributed by atoms with van der Waals surface area (Å²) < 4.78 is 7.58. The maximum Gasteiger partial charge on any atom is 0.191 e. The molecule has 0 fully saturated rings. The van der Waals surface area contributed by atoms with Crippen LogP contribution >= 0.6 is 24.0 Å². The third-order valence-electron chi connectivity index (χ3n) is 4.75. The first-order chi connectivity index (χ1) is 14.6. The van der Waals surface area contributed by atoms with Crippen LogP contribution in [0.1, 0.15) is 36.1 Å². The third kappa shape index (κ3) is 8.34. The van der Waals surface area contributed by atoms with Gasteiger partial charge in [-0.25, -0.2) is 0 Å². The number of aromatic nitrogens is 2. The lowest BCUT2D eigenvalue weighted by atomic mass is 10.1. The molecule has 0 aliphatic rings. The Morgan fingerprint density at radius 2 is 1.65 bits per heavy atom. The molecule has 0 saturated heterocycles. The van der Waals surface area contributed by atoms with Crippen molar-refractivity contribution in [1.82, 2.24) is 20.4 Å². The molecule has 3 rings (SSSR count). The summed E-state index contributed by atoms with van der Waals surface area (Å²) in [5.74, 6) is 0.774. The van der Waals surface area contributed by atoms with E-state index in [1.807, 2.05) is 30.8 Å². The predicted molar refractivity (Wildman–Crippen MR) is 137 cm³/mol. The number of hydrogen-bond acceptors (Lipinski definition) is 3. The Balaban J connectivity index is 0.00000341. The normalized spacial score (nSPS) is 11.3. The van der Waals surface area contributed by atoms with Gasteiger partial charge in [-0.3, -0.25) is 9.67 Å². The molecular formula is C24H32IN5O. The molecule has 2 aromatic carbocycles. The number of nitrogens with zero attached hydrogens (tertiary/aromatic N) is 3. The number of ether oxygens (including phenoxy) is 1. The molecule has 0 aliphatic carbocycles. The van der Waals surface area contributed by atoms with Gasteiger partial charge in [0.1, 0.15) is 0 Å². The first-order valence-electron chi connectivity index (χ1n) is 10.3. The van der Waals surface area contributed by atoms with E-state index in [1.54, 1.807) is 13.2 Å². The van der Waals surface area contributed by atoms with E-state index in [0.717, 1.165) is 12.5 Å². The van der Waals surface area contributed by atoms with Crippen LogP contribution in [-0.2, 0) is 31.0 Å². The van der Waals surface area contributed by atoms with Crippen molar-refractivity contribution in [3.63, 3.8) is 0 Å². The Morgan fingerprint density at radius 1 is 0.968 bits per heavy atom. The van der Waals surface area contributed by atoms with Crippen molar-refractivity contribution in [3.05, 3.63) is 89.2 Å². The second kappa shape index (κ2) is 13.1. The van der Waals surface area contributed by atoms with Crippen molar-refractivity contribution in [3.8, 4) is 0 Å². The lowest BCUT2D eigenvalue weighted by Gasteiger charge is -2.15. The van der Waals surface area contributed by atoms with Crippen LogP contribution in [0.15, 0.2) is 72.0 Å². The second-order valence-corrected chi connectivity index (χ2v) is 7.43. The molecular weight excluding hydrogens is 501 g/mol. The monoisotopic (exact) mass is 533 g/mol. The van der Waals surface area contributed by atoms with Crippen LogP contribution in [0.5, 0.6) is 0 Å². The number of halogens is 1. The van der Waals surface area contributed by atoms with Crippen LogP contribution in [-0.4, -0.2) is 28.9 Å². The highest BCUT2D eigenvalue weighted by Crippen LogP contribution is 2.10. The molecule has 0 saturated carbocycles. The second-order valence-electron chi connectivity index (χ2n) is 7.43. The van der Waals surface area contributed by atoms with Crippen LogP contribution in [0, 0.1) is 0 Å². The summed E-state index contributed by atoms with van der Waals surface area (Å²) in [7, 11) is 1.79. The average molecular weight is 533 g/mol. The van der Waals surface area contributed by atoms with Crippen molar-refractivity contribution in [2.75, 3.05) is 7.05 Å². The number of hydrogen-bond donors (Lipinski definition) is 2. The van der Waals surface area contributed by atoms with Crippen molar-refractivity contribution < 1.29 is 4.74 Å². The highest BCUT2D eigenvalue weighted by atomic mass is 127. The molecule has 7 heteroatoms. The molecule has 0 unspecified atom stereocenters. The lowest BCUT2D eigenvalue weighted by molar-refractivity contribution is 0.0657. The van der Waals surface area contributed by atoms with Gasteiger partial charge in [0.2, 0.25) is 0 Å². The summed E-state index contributed by atoms with van der Waals surface area (Å²) in [6.45, 7) is 6.90. The minimum Gasteiger partial charge on any atom is -0.374 e. The van der Waals surface area contributed by atoms with Gasteiger partial charge in [-0.05, 0) is 42.2 Å². The number of benzene rings is 2. The zero-order chi connectivity index (χ0) is 21.2. The predicted octanol–water partition coefficient (Wildman–Crippen LogP) is 4.34. The molecule has 0 bridgehead atoms. The molecule has 0 amide bonds. The first kappa shape index (κ1) is 24.9. The molecule has 166 valence electrons. The molecule has 1 aromatic heterocycles. The maximum atomic E-state index is 5.65. The minimum absolute atomic E-state index is 0. The van der Waals surface area contributed by atoms with E-state index in [0.29, 0.717) is 19.7 Å². The SMILES string of the molecule is CN=C(NCc1ccc(COC(C)C)cc1)NCc1ccccc1Cn1cccn1.I. The molecule has 0 spiro atoms. The van der Waals surface area contributed by atoms with Crippen molar-refractivity contribution in [2.24, 2.45) is 4.99 Å². The summed E-state index contributed by atoms with van der Waals surface area (Å²) in [5.41, 5.74) is 4.85. The number of guanidine groups is 1. The topological polar surface area (TPSA) is 63.5 Å². The molecule has 31 heavy (non-hydrogen) atoms. The number of aliphatic imine (C=N–C) groups is 1. The summed E-state index contributed by atoms with van der Waals surface area (Å²) >= 11 is 0. The largest absolute Gasteiger partial charge is 0.374 e. The summed E-state index contributed by atoms with van der Waals surface area (Å²) in [4.78, 5) is 4.35. The fourth-order valence-corrected chi connectivity index (χ4v) is 3.05. The van der Waals surface area contributed by atoms with Crippen LogP contribution in [0.25, 0.3) is 0 Å². The zero-order valence-electron chi connectivity index (χ0n) is 18.4. The van der Waals surface area contributed by atoms with Gasteiger partial charge in [-0.1, -0.05) is 48.5 Å². The number of nitrogens with one attached hydrogen (secondary N) is 2. The van der Waals surface area contributed by atoms with Crippen molar-refractivity contribution in [1.29, 1.82) is 0 Å². The Bertz CT molecular complexity index is 923. The number of rotatable bonds is 9. The fourth-order valence-electron chi connectivity index (χ4n) is 3.05. The Morgan fingerprint density at radius 3 is 2.29 bits per heavy atom. The van der Waals surface area contributed by atoms with Gasteiger partial charge in [-0.15, -0.1) is 24.0 Å². The van der Waals surface area contributed by atoms with E-state index in [4.69, 9.17) is 4.74 Å². The van der Waals surface area contributed by atoms with Crippen LogP contribution in [0.4, 0.5) is 0 Å². The maximum absolute atomic E-state index is 5.65. The van der Waals surface area contributed by atoms with Crippen LogP contribution < -0.4 is 10.6 Å². The summed E-state index contributed by atoms with van der Waals surface area (Å²) in [5, 5.41) is 11.1. The average Bonchev–Trinajstić information content (AvgIpc) is 3.27. The van der Waals surface area contributed by atoms with Gasteiger partial charge in [0, 0.05) is 32.5 Å². The summed E-state index contributed by atoms with van der Waals surface area (Å²) in [6.07, 6.45) is 4.02. The van der Waals surface area contributed by atoms with E-state index in [2.05, 4.69) is 69.3 Å². The fraction of sp³-hybridized carbons (Fsp3) is 0.333. The molecule has 0 radical (unpaired) electrons. The van der Waals surface area contributed by atoms with Gasteiger partial charge < -0.3 is 15.4 Å². The molecule has 2 N–H and O–H groups in total. The quantitative estimate of drug-likeness (QED) is 0.244. The summed E-state index contributed by atoms with van der Waals surface area (Å²) in [6, 6.07) is 18.8. The molecule has 0 aliphatic heterocycles. The van der Waals surface area contributed by atoms with E-state index < -0.39 is 0 Å². The Labute approximate surface area is 202 Å². The van der Waals surface area contributed by atoms with Crippen molar-refractivity contribution in [2.45, 2.75) is 46.2 Å².